The predicted molar refractivity (Wildman–Crippen MR) is 91.6 cm³/mol. The smallest absolute Gasteiger partial charge is 0.242 e. The van der Waals surface area contributed by atoms with Gasteiger partial charge in [0.25, 0.3) is 0 Å². The number of nitrogens with two attached hydrogens (primary N) is 1. The van der Waals surface area contributed by atoms with Gasteiger partial charge in [-0.2, -0.15) is 0 Å². The van der Waals surface area contributed by atoms with Gasteiger partial charge in [0.1, 0.15) is 0 Å². The molecule has 2 N–H and O–H groups in total. The highest BCUT2D eigenvalue weighted by atomic mass is 35.5. The number of hydrogen-bond acceptors (Lipinski definition) is 4. The van der Waals surface area contributed by atoms with Crippen LogP contribution in [-0.2, 0) is 16.6 Å². The summed E-state index contributed by atoms with van der Waals surface area (Å²) in [5.41, 5.74) is 6.86. The molecule has 1 heterocycles. The number of nitrogens with zero attached hydrogens (tertiary/aromatic N) is 2. The zero-order valence-electron chi connectivity index (χ0n) is 13.2. The molecule has 2 rings (SSSR count). The van der Waals surface area contributed by atoms with Crippen molar-refractivity contribution in [1.82, 2.24) is 9.21 Å². The molecule has 22 heavy (non-hydrogen) atoms. The second-order valence-electron chi connectivity index (χ2n) is 5.89. The number of halogens is 1. The topological polar surface area (TPSA) is 66.6 Å². The lowest BCUT2D eigenvalue weighted by Crippen LogP contribution is -2.35. The van der Waals surface area contributed by atoms with Crippen molar-refractivity contribution < 1.29 is 8.42 Å². The molecule has 0 radical (unpaired) electrons. The Bertz CT molecular complexity index is 553. The highest BCUT2D eigenvalue weighted by molar-refractivity contribution is 7.89. The molecule has 0 atom stereocenters. The van der Waals surface area contributed by atoms with E-state index < -0.39 is 10.0 Å². The lowest BCUT2D eigenvalue weighted by molar-refractivity contribution is 0.180. The van der Waals surface area contributed by atoms with Crippen molar-refractivity contribution in [3.63, 3.8) is 0 Å². The quantitative estimate of drug-likeness (QED) is 0.877. The Morgan fingerprint density at radius 1 is 1.18 bits per heavy atom. The molecule has 0 aromatic heterocycles. The molecule has 1 fully saturated rings. The monoisotopic (exact) mass is 347 g/mol. The van der Waals surface area contributed by atoms with Crippen molar-refractivity contribution in [2.75, 3.05) is 33.7 Å². The van der Waals surface area contributed by atoms with Crippen molar-refractivity contribution in [2.24, 2.45) is 11.7 Å². The first-order valence-electron chi connectivity index (χ1n) is 7.37. The first-order valence-corrected chi connectivity index (χ1v) is 8.81. The third kappa shape index (κ3) is 4.67. The Balaban J connectivity index is 0.00000242. The van der Waals surface area contributed by atoms with Gasteiger partial charge in [0.2, 0.25) is 10.0 Å². The Kier molecular flexibility index (Phi) is 7.28. The van der Waals surface area contributed by atoms with Crippen LogP contribution in [0.1, 0.15) is 18.4 Å². The van der Waals surface area contributed by atoms with Crippen LogP contribution in [0.3, 0.4) is 0 Å². The summed E-state index contributed by atoms with van der Waals surface area (Å²) in [6.45, 7) is 3.80. The van der Waals surface area contributed by atoms with Gasteiger partial charge >= 0.3 is 0 Å². The largest absolute Gasteiger partial charge is 0.330 e. The minimum atomic E-state index is -3.33. The molecule has 1 aromatic rings. The zero-order chi connectivity index (χ0) is 15.5. The van der Waals surface area contributed by atoms with E-state index >= 15 is 0 Å². The van der Waals surface area contributed by atoms with Crippen LogP contribution < -0.4 is 5.73 Å². The summed E-state index contributed by atoms with van der Waals surface area (Å²) in [7, 11) is -0.239. The van der Waals surface area contributed by atoms with E-state index in [4.69, 9.17) is 5.73 Å². The molecule has 5 nitrogen and oxygen atoms in total. The van der Waals surface area contributed by atoms with Crippen molar-refractivity contribution in [3.05, 3.63) is 29.8 Å². The number of piperidine rings is 1. The third-order valence-electron chi connectivity index (χ3n) is 4.15. The van der Waals surface area contributed by atoms with Crippen LogP contribution in [-0.4, -0.2) is 51.4 Å². The molecule has 1 aliphatic rings. The molecular formula is C15H26ClN3O2S. The number of hydrogen-bond donors (Lipinski definition) is 1. The van der Waals surface area contributed by atoms with Gasteiger partial charge in [-0.1, -0.05) is 12.1 Å². The second-order valence-corrected chi connectivity index (χ2v) is 8.04. The number of rotatable bonds is 5. The number of benzene rings is 1. The molecular weight excluding hydrogens is 322 g/mol. The normalized spacial score (nSPS) is 17.5. The molecule has 0 amide bonds. The standard InChI is InChI=1S/C15H25N3O2S.ClH/c1-17(2)21(19,20)15-5-3-14(4-6-15)12-18-9-7-13(11-16)8-10-18;/h3-6,13H,7-12,16H2,1-2H3;1H. The lowest BCUT2D eigenvalue weighted by Gasteiger charge is -2.31. The first-order chi connectivity index (χ1) is 9.93. The van der Waals surface area contributed by atoms with Crippen LogP contribution in [0.15, 0.2) is 29.2 Å². The van der Waals surface area contributed by atoms with E-state index in [0.717, 1.165) is 44.6 Å². The fourth-order valence-corrected chi connectivity index (χ4v) is 3.52. The van der Waals surface area contributed by atoms with E-state index in [9.17, 15) is 8.42 Å². The van der Waals surface area contributed by atoms with Gasteiger partial charge in [-0.15, -0.1) is 12.4 Å². The van der Waals surface area contributed by atoms with E-state index in [0.29, 0.717) is 10.8 Å². The van der Waals surface area contributed by atoms with Gasteiger partial charge in [-0.25, -0.2) is 12.7 Å². The maximum Gasteiger partial charge on any atom is 0.242 e. The van der Waals surface area contributed by atoms with Crippen molar-refractivity contribution >= 4 is 22.4 Å². The summed E-state index contributed by atoms with van der Waals surface area (Å²) in [5.74, 6) is 0.661. The Morgan fingerprint density at radius 2 is 1.73 bits per heavy atom. The van der Waals surface area contributed by atoms with Crippen LogP contribution in [0.4, 0.5) is 0 Å². The average molecular weight is 348 g/mol. The molecule has 0 spiro atoms. The third-order valence-corrected chi connectivity index (χ3v) is 5.98. The first kappa shape index (κ1) is 19.4. The summed E-state index contributed by atoms with van der Waals surface area (Å²) < 4.78 is 25.2. The molecule has 0 bridgehead atoms. The summed E-state index contributed by atoms with van der Waals surface area (Å²) in [6.07, 6.45) is 2.31. The van der Waals surface area contributed by atoms with Gasteiger partial charge in [0.15, 0.2) is 0 Å². The van der Waals surface area contributed by atoms with Gasteiger partial charge in [0.05, 0.1) is 4.90 Å². The van der Waals surface area contributed by atoms with Crippen LogP contribution in [0, 0.1) is 5.92 Å². The molecule has 1 aliphatic heterocycles. The fourth-order valence-electron chi connectivity index (χ4n) is 2.62. The number of sulfonamides is 1. The van der Waals surface area contributed by atoms with E-state index in [2.05, 4.69) is 4.90 Å². The summed E-state index contributed by atoms with van der Waals surface area (Å²) >= 11 is 0. The SMILES string of the molecule is CN(C)S(=O)(=O)c1ccc(CN2CCC(CN)CC2)cc1.Cl. The van der Waals surface area contributed by atoms with Gasteiger partial charge in [-0.3, -0.25) is 4.90 Å². The van der Waals surface area contributed by atoms with Gasteiger partial charge in [0, 0.05) is 20.6 Å². The fraction of sp³-hybridized carbons (Fsp3) is 0.600. The molecule has 0 unspecified atom stereocenters. The average Bonchev–Trinajstić information content (AvgIpc) is 2.48. The van der Waals surface area contributed by atoms with Crippen molar-refractivity contribution in [2.45, 2.75) is 24.3 Å². The van der Waals surface area contributed by atoms with E-state index in [1.807, 2.05) is 12.1 Å². The van der Waals surface area contributed by atoms with Crippen LogP contribution in [0.5, 0.6) is 0 Å². The maximum absolute atomic E-state index is 12.0. The Labute approximate surface area is 139 Å². The number of likely N-dealkylation sites (tertiary alicyclic amines) is 1. The van der Waals surface area contributed by atoms with Gasteiger partial charge in [-0.05, 0) is 56.1 Å². The van der Waals surface area contributed by atoms with Crippen LogP contribution in [0.25, 0.3) is 0 Å². The Hall–Kier alpha value is -0.660. The minimum absolute atomic E-state index is 0. The molecule has 7 heteroatoms. The molecule has 126 valence electrons. The van der Waals surface area contributed by atoms with Crippen LogP contribution in [0.2, 0.25) is 0 Å². The highest BCUT2D eigenvalue weighted by Gasteiger charge is 2.19. The lowest BCUT2D eigenvalue weighted by atomic mass is 9.97. The van der Waals surface area contributed by atoms with E-state index in [1.165, 1.54) is 4.31 Å². The summed E-state index contributed by atoms with van der Waals surface area (Å²) in [5, 5.41) is 0. The van der Waals surface area contributed by atoms with Crippen LogP contribution >= 0.6 is 12.4 Å². The molecule has 0 aliphatic carbocycles. The predicted octanol–water partition coefficient (Wildman–Crippen LogP) is 1.53. The van der Waals surface area contributed by atoms with E-state index in [1.54, 1.807) is 26.2 Å². The minimum Gasteiger partial charge on any atom is -0.330 e. The zero-order valence-corrected chi connectivity index (χ0v) is 14.9. The maximum atomic E-state index is 12.0. The molecule has 0 saturated carbocycles. The molecule has 1 aromatic carbocycles. The highest BCUT2D eigenvalue weighted by Crippen LogP contribution is 2.19. The van der Waals surface area contributed by atoms with Gasteiger partial charge < -0.3 is 5.73 Å². The summed E-state index contributed by atoms with van der Waals surface area (Å²) in [6, 6.07) is 7.20. The summed E-state index contributed by atoms with van der Waals surface area (Å²) in [4.78, 5) is 2.75. The molecule has 1 saturated heterocycles. The second kappa shape index (κ2) is 8.26. The van der Waals surface area contributed by atoms with E-state index in [-0.39, 0.29) is 12.4 Å². The van der Waals surface area contributed by atoms with Crippen molar-refractivity contribution in [3.8, 4) is 0 Å². The van der Waals surface area contributed by atoms with Crippen molar-refractivity contribution in [1.29, 1.82) is 0 Å². The Morgan fingerprint density at radius 3 is 2.18 bits per heavy atom.